The summed E-state index contributed by atoms with van der Waals surface area (Å²) in [5.74, 6) is 0. The van der Waals surface area contributed by atoms with Crippen molar-refractivity contribution >= 4 is 0 Å². The highest BCUT2D eigenvalue weighted by Gasteiger charge is 2.03. The quantitative estimate of drug-likeness (QED) is 0.625. The summed E-state index contributed by atoms with van der Waals surface area (Å²) in [5.41, 5.74) is 0. The van der Waals surface area contributed by atoms with E-state index >= 15 is 0 Å². The Labute approximate surface area is 83.1 Å². The van der Waals surface area contributed by atoms with Crippen LogP contribution in [0.2, 0.25) is 0 Å². The fourth-order valence-electron chi connectivity index (χ4n) is 1.31. The number of hydrogen-bond donors (Lipinski definition) is 1. The summed E-state index contributed by atoms with van der Waals surface area (Å²) in [6, 6.07) is 0.587. The van der Waals surface area contributed by atoms with Crippen molar-refractivity contribution in [3.8, 4) is 0 Å². The van der Waals surface area contributed by atoms with Crippen molar-refractivity contribution in [3.05, 3.63) is 0 Å². The van der Waals surface area contributed by atoms with Gasteiger partial charge >= 0.3 is 0 Å². The molecule has 0 aromatic carbocycles. The standard InChI is InChI=1S/C10H25N3/c1-10(11-2)9-13(5)8-6-7-12(3)4/h10-11H,6-9H2,1-5H3. The van der Waals surface area contributed by atoms with E-state index in [1.54, 1.807) is 0 Å². The molecule has 0 aromatic heterocycles. The van der Waals surface area contributed by atoms with Gasteiger partial charge < -0.3 is 15.1 Å². The fraction of sp³-hybridized carbons (Fsp3) is 1.00. The van der Waals surface area contributed by atoms with Gasteiger partial charge in [0, 0.05) is 12.6 Å². The zero-order chi connectivity index (χ0) is 10.3. The molecule has 1 unspecified atom stereocenters. The third-order valence-electron chi connectivity index (χ3n) is 2.22. The minimum atomic E-state index is 0.587. The summed E-state index contributed by atoms with van der Waals surface area (Å²) < 4.78 is 0. The first-order chi connectivity index (χ1) is 6.06. The van der Waals surface area contributed by atoms with Crippen LogP contribution in [0.4, 0.5) is 0 Å². The van der Waals surface area contributed by atoms with Gasteiger partial charge in [-0.1, -0.05) is 0 Å². The Bertz CT molecular complexity index is 115. The summed E-state index contributed by atoms with van der Waals surface area (Å²) in [6.45, 7) is 5.70. The molecule has 1 N–H and O–H groups in total. The summed E-state index contributed by atoms with van der Waals surface area (Å²) in [4.78, 5) is 4.61. The molecule has 0 amide bonds. The minimum absolute atomic E-state index is 0.587. The van der Waals surface area contributed by atoms with E-state index < -0.39 is 0 Å². The maximum atomic E-state index is 3.24. The first kappa shape index (κ1) is 12.9. The third kappa shape index (κ3) is 8.22. The van der Waals surface area contributed by atoms with Gasteiger partial charge in [0.15, 0.2) is 0 Å². The summed E-state index contributed by atoms with van der Waals surface area (Å²) in [5, 5.41) is 3.24. The summed E-state index contributed by atoms with van der Waals surface area (Å²) >= 11 is 0. The van der Waals surface area contributed by atoms with Crippen molar-refractivity contribution in [2.75, 3.05) is 47.8 Å². The second-order valence-electron chi connectivity index (χ2n) is 4.11. The SMILES string of the molecule is CNC(C)CN(C)CCCN(C)C. The van der Waals surface area contributed by atoms with Gasteiger partial charge in [0.25, 0.3) is 0 Å². The van der Waals surface area contributed by atoms with Crippen LogP contribution >= 0.6 is 0 Å². The van der Waals surface area contributed by atoms with Crippen molar-refractivity contribution in [1.29, 1.82) is 0 Å². The molecular weight excluding hydrogens is 162 g/mol. The van der Waals surface area contributed by atoms with Gasteiger partial charge in [-0.25, -0.2) is 0 Å². The molecule has 0 aliphatic carbocycles. The Morgan fingerprint density at radius 3 is 2.23 bits per heavy atom. The van der Waals surface area contributed by atoms with E-state index in [1.165, 1.54) is 19.5 Å². The zero-order valence-corrected chi connectivity index (χ0v) is 9.80. The Balaban J connectivity index is 3.34. The lowest BCUT2D eigenvalue weighted by Crippen LogP contribution is -2.36. The Morgan fingerprint density at radius 2 is 1.77 bits per heavy atom. The van der Waals surface area contributed by atoms with Gasteiger partial charge in [0.2, 0.25) is 0 Å². The molecule has 0 bridgehead atoms. The molecule has 13 heavy (non-hydrogen) atoms. The molecular formula is C10H25N3. The van der Waals surface area contributed by atoms with E-state index in [1.807, 2.05) is 7.05 Å². The van der Waals surface area contributed by atoms with Gasteiger partial charge in [-0.15, -0.1) is 0 Å². The van der Waals surface area contributed by atoms with Crippen molar-refractivity contribution in [2.45, 2.75) is 19.4 Å². The van der Waals surface area contributed by atoms with E-state index in [0.717, 1.165) is 6.54 Å². The van der Waals surface area contributed by atoms with Crippen LogP contribution in [0.3, 0.4) is 0 Å². The summed E-state index contributed by atoms with van der Waals surface area (Å²) in [7, 11) is 8.44. The van der Waals surface area contributed by atoms with Gasteiger partial charge in [-0.05, 0) is 54.6 Å². The minimum Gasteiger partial charge on any atom is -0.316 e. The highest BCUT2D eigenvalue weighted by atomic mass is 15.1. The van der Waals surface area contributed by atoms with Crippen molar-refractivity contribution in [3.63, 3.8) is 0 Å². The lowest BCUT2D eigenvalue weighted by atomic mass is 10.3. The van der Waals surface area contributed by atoms with Crippen LogP contribution < -0.4 is 5.32 Å². The second kappa shape index (κ2) is 7.30. The van der Waals surface area contributed by atoms with Gasteiger partial charge in [-0.2, -0.15) is 0 Å². The molecule has 0 rings (SSSR count). The molecule has 0 aliphatic rings. The molecule has 0 aromatic rings. The number of nitrogens with one attached hydrogen (secondary N) is 1. The molecule has 3 nitrogen and oxygen atoms in total. The molecule has 0 spiro atoms. The van der Waals surface area contributed by atoms with E-state index in [9.17, 15) is 0 Å². The van der Waals surface area contributed by atoms with Crippen molar-refractivity contribution < 1.29 is 0 Å². The van der Waals surface area contributed by atoms with Crippen LogP contribution in [-0.4, -0.2) is 63.7 Å². The topological polar surface area (TPSA) is 18.5 Å². The number of nitrogens with zero attached hydrogens (tertiary/aromatic N) is 2. The first-order valence-corrected chi connectivity index (χ1v) is 5.06. The molecule has 3 heteroatoms. The maximum absolute atomic E-state index is 3.24. The number of likely N-dealkylation sites (N-methyl/N-ethyl adjacent to an activating group) is 2. The third-order valence-corrected chi connectivity index (χ3v) is 2.22. The van der Waals surface area contributed by atoms with E-state index in [0.29, 0.717) is 6.04 Å². The highest BCUT2D eigenvalue weighted by molar-refractivity contribution is 4.63. The van der Waals surface area contributed by atoms with Gasteiger partial charge in [0.05, 0.1) is 0 Å². The lowest BCUT2D eigenvalue weighted by molar-refractivity contribution is 0.279. The molecule has 0 heterocycles. The van der Waals surface area contributed by atoms with Crippen LogP contribution in [0.1, 0.15) is 13.3 Å². The van der Waals surface area contributed by atoms with Crippen LogP contribution in [0.25, 0.3) is 0 Å². The normalized spacial score (nSPS) is 14.1. The number of rotatable bonds is 7. The molecule has 0 radical (unpaired) electrons. The van der Waals surface area contributed by atoms with Crippen LogP contribution in [0, 0.1) is 0 Å². The molecule has 0 saturated carbocycles. The second-order valence-corrected chi connectivity index (χ2v) is 4.11. The van der Waals surface area contributed by atoms with E-state index in [4.69, 9.17) is 0 Å². The lowest BCUT2D eigenvalue weighted by Gasteiger charge is -2.21. The summed E-state index contributed by atoms with van der Waals surface area (Å²) in [6.07, 6.45) is 1.25. The van der Waals surface area contributed by atoms with Gasteiger partial charge in [-0.3, -0.25) is 0 Å². The monoisotopic (exact) mass is 187 g/mol. The van der Waals surface area contributed by atoms with Crippen LogP contribution in [0.15, 0.2) is 0 Å². The van der Waals surface area contributed by atoms with E-state index in [2.05, 4.69) is 43.2 Å². The van der Waals surface area contributed by atoms with Gasteiger partial charge in [0.1, 0.15) is 0 Å². The van der Waals surface area contributed by atoms with E-state index in [-0.39, 0.29) is 0 Å². The molecule has 0 aliphatic heterocycles. The predicted molar refractivity (Wildman–Crippen MR) is 59.2 cm³/mol. The largest absolute Gasteiger partial charge is 0.316 e. The Morgan fingerprint density at radius 1 is 1.15 bits per heavy atom. The molecule has 1 atom stereocenters. The molecule has 0 fully saturated rings. The smallest absolute Gasteiger partial charge is 0.0163 e. The Hall–Kier alpha value is -0.120. The molecule has 80 valence electrons. The Kier molecular flexibility index (Phi) is 7.23. The predicted octanol–water partition coefficient (Wildman–Crippen LogP) is 0.478. The first-order valence-electron chi connectivity index (χ1n) is 5.06. The maximum Gasteiger partial charge on any atom is 0.0163 e. The van der Waals surface area contributed by atoms with Crippen molar-refractivity contribution in [1.82, 2.24) is 15.1 Å². The average molecular weight is 187 g/mol. The highest BCUT2D eigenvalue weighted by Crippen LogP contribution is 1.91. The zero-order valence-electron chi connectivity index (χ0n) is 9.80. The van der Waals surface area contributed by atoms with Crippen LogP contribution in [-0.2, 0) is 0 Å². The fourth-order valence-corrected chi connectivity index (χ4v) is 1.31. The molecule has 0 saturated heterocycles. The van der Waals surface area contributed by atoms with Crippen LogP contribution in [0.5, 0.6) is 0 Å². The van der Waals surface area contributed by atoms with Crippen molar-refractivity contribution in [2.24, 2.45) is 0 Å². The average Bonchev–Trinajstić information content (AvgIpc) is 2.03. The number of hydrogen-bond acceptors (Lipinski definition) is 3.